The standard InChI is InChI=1S/C13H18FNO3/c1-10(6-7-16)8-15-13(17)9-18-12-4-2-11(14)3-5-12/h2-5,10,16H,6-9H2,1H3,(H,15,17). The van der Waals surface area contributed by atoms with Gasteiger partial charge in [0.1, 0.15) is 11.6 Å². The van der Waals surface area contributed by atoms with Crippen molar-refractivity contribution < 1.29 is 19.0 Å². The molecule has 100 valence electrons. The van der Waals surface area contributed by atoms with Crippen molar-refractivity contribution in [2.24, 2.45) is 5.92 Å². The second kappa shape index (κ2) is 7.66. The summed E-state index contributed by atoms with van der Waals surface area (Å²) in [7, 11) is 0. The first-order valence-electron chi connectivity index (χ1n) is 5.87. The molecule has 2 N–H and O–H groups in total. The van der Waals surface area contributed by atoms with Crippen LogP contribution in [-0.4, -0.2) is 30.8 Å². The lowest BCUT2D eigenvalue weighted by Crippen LogP contribution is -2.32. The molecule has 0 fully saturated rings. The van der Waals surface area contributed by atoms with Gasteiger partial charge in [-0.3, -0.25) is 4.79 Å². The van der Waals surface area contributed by atoms with Crippen molar-refractivity contribution in [3.63, 3.8) is 0 Å². The van der Waals surface area contributed by atoms with Crippen LogP contribution in [0.5, 0.6) is 5.75 Å². The topological polar surface area (TPSA) is 58.6 Å². The Hall–Kier alpha value is -1.62. The average Bonchev–Trinajstić information content (AvgIpc) is 2.36. The summed E-state index contributed by atoms with van der Waals surface area (Å²) in [5, 5.41) is 11.4. The fourth-order valence-corrected chi connectivity index (χ4v) is 1.34. The molecule has 1 unspecified atom stereocenters. The number of benzene rings is 1. The Kier molecular flexibility index (Phi) is 6.14. The largest absolute Gasteiger partial charge is 0.484 e. The molecule has 0 spiro atoms. The summed E-state index contributed by atoms with van der Waals surface area (Å²) in [4.78, 5) is 11.4. The molecule has 1 rings (SSSR count). The molecule has 0 heterocycles. The molecule has 0 aliphatic heterocycles. The van der Waals surface area contributed by atoms with E-state index in [0.29, 0.717) is 18.7 Å². The number of aliphatic hydroxyl groups is 1. The van der Waals surface area contributed by atoms with Gasteiger partial charge in [0.15, 0.2) is 6.61 Å². The van der Waals surface area contributed by atoms with Crippen LogP contribution < -0.4 is 10.1 Å². The number of hydrogen-bond donors (Lipinski definition) is 2. The van der Waals surface area contributed by atoms with E-state index in [1.165, 1.54) is 24.3 Å². The van der Waals surface area contributed by atoms with Gasteiger partial charge in [0.25, 0.3) is 5.91 Å². The molecule has 5 heteroatoms. The molecule has 1 aromatic rings. The molecule has 0 aliphatic carbocycles. The monoisotopic (exact) mass is 255 g/mol. The summed E-state index contributed by atoms with van der Waals surface area (Å²) < 4.78 is 17.8. The molecule has 0 aromatic heterocycles. The third-order valence-electron chi connectivity index (χ3n) is 2.45. The van der Waals surface area contributed by atoms with Gasteiger partial charge in [-0.2, -0.15) is 0 Å². The maximum atomic E-state index is 12.6. The fraction of sp³-hybridized carbons (Fsp3) is 0.462. The zero-order chi connectivity index (χ0) is 13.4. The highest BCUT2D eigenvalue weighted by molar-refractivity contribution is 5.77. The van der Waals surface area contributed by atoms with Crippen LogP contribution in [0.1, 0.15) is 13.3 Å². The van der Waals surface area contributed by atoms with Crippen LogP contribution in [0.4, 0.5) is 4.39 Å². The van der Waals surface area contributed by atoms with Crippen molar-refractivity contribution in [2.75, 3.05) is 19.8 Å². The lowest BCUT2D eigenvalue weighted by atomic mass is 10.1. The number of ether oxygens (including phenoxy) is 1. The van der Waals surface area contributed by atoms with E-state index < -0.39 is 0 Å². The summed E-state index contributed by atoms with van der Waals surface area (Å²) >= 11 is 0. The molecular weight excluding hydrogens is 237 g/mol. The van der Waals surface area contributed by atoms with E-state index in [-0.39, 0.29) is 30.9 Å². The van der Waals surface area contributed by atoms with Crippen LogP contribution in [0, 0.1) is 11.7 Å². The normalized spacial score (nSPS) is 11.9. The minimum absolute atomic E-state index is 0.0997. The van der Waals surface area contributed by atoms with Gasteiger partial charge in [-0.25, -0.2) is 4.39 Å². The maximum Gasteiger partial charge on any atom is 0.257 e. The highest BCUT2D eigenvalue weighted by Crippen LogP contribution is 2.10. The molecule has 1 aromatic carbocycles. The summed E-state index contributed by atoms with van der Waals surface area (Å²) in [5.41, 5.74) is 0. The maximum absolute atomic E-state index is 12.6. The van der Waals surface area contributed by atoms with Crippen molar-refractivity contribution >= 4 is 5.91 Å². The highest BCUT2D eigenvalue weighted by Gasteiger charge is 2.06. The van der Waals surface area contributed by atoms with Gasteiger partial charge in [0.2, 0.25) is 0 Å². The number of amides is 1. The predicted octanol–water partition coefficient (Wildman–Crippen LogP) is 1.34. The van der Waals surface area contributed by atoms with Crippen molar-refractivity contribution in [3.8, 4) is 5.75 Å². The minimum atomic E-state index is -0.343. The average molecular weight is 255 g/mol. The molecule has 0 radical (unpaired) electrons. The smallest absolute Gasteiger partial charge is 0.257 e. The molecule has 1 amide bonds. The van der Waals surface area contributed by atoms with Gasteiger partial charge < -0.3 is 15.2 Å². The van der Waals surface area contributed by atoms with Crippen molar-refractivity contribution in [3.05, 3.63) is 30.1 Å². The van der Waals surface area contributed by atoms with Crippen molar-refractivity contribution in [2.45, 2.75) is 13.3 Å². The lowest BCUT2D eigenvalue weighted by molar-refractivity contribution is -0.123. The first-order chi connectivity index (χ1) is 8.61. The van der Waals surface area contributed by atoms with Gasteiger partial charge >= 0.3 is 0 Å². The van der Waals surface area contributed by atoms with E-state index in [4.69, 9.17) is 9.84 Å². The van der Waals surface area contributed by atoms with Gasteiger partial charge in [0.05, 0.1) is 0 Å². The van der Waals surface area contributed by atoms with E-state index >= 15 is 0 Å². The van der Waals surface area contributed by atoms with Gasteiger partial charge in [-0.15, -0.1) is 0 Å². The summed E-state index contributed by atoms with van der Waals surface area (Å²) in [6.07, 6.45) is 0.652. The summed E-state index contributed by atoms with van der Waals surface area (Å²) in [5.74, 6) is 0.105. The zero-order valence-corrected chi connectivity index (χ0v) is 10.4. The summed E-state index contributed by atoms with van der Waals surface area (Å²) in [6, 6.07) is 5.49. The Morgan fingerprint density at radius 2 is 2.11 bits per heavy atom. The van der Waals surface area contributed by atoms with Crippen LogP contribution in [0.15, 0.2) is 24.3 Å². The number of carbonyl (C=O) groups is 1. The Bertz CT molecular complexity index is 367. The van der Waals surface area contributed by atoms with Crippen LogP contribution in [0.2, 0.25) is 0 Å². The number of hydrogen-bond acceptors (Lipinski definition) is 3. The number of aliphatic hydroxyl groups excluding tert-OH is 1. The molecular formula is C13H18FNO3. The van der Waals surface area contributed by atoms with Crippen LogP contribution >= 0.6 is 0 Å². The quantitative estimate of drug-likeness (QED) is 0.773. The van der Waals surface area contributed by atoms with E-state index in [9.17, 15) is 9.18 Å². The van der Waals surface area contributed by atoms with E-state index in [1.807, 2.05) is 6.92 Å². The Morgan fingerprint density at radius 1 is 1.44 bits per heavy atom. The number of nitrogens with one attached hydrogen (secondary N) is 1. The van der Waals surface area contributed by atoms with Crippen molar-refractivity contribution in [1.82, 2.24) is 5.32 Å². The first-order valence-corrected chi connectivity index (χ1v) is 5.87. The number of carbonyl (C=O) groups excluding carboxylic acids is 1. The molecule has 0 saturated heterocycles. The lowest BCUT2D eigenvalue weighted by Gasteiger charge is -2.11. The highest BCUT2D eigenvalue weighted by atomic mass is 19.1. The van der Waals surface area contributed by atoms with Gasteiger partial charge in [-0.1, -0.05) is 6.92 Å². The number of halogens is 1. The Labute approximate surface area is 106 Å². The zero-order valence-electron chi connectivity index (χ0n) is 10.4. The first kappa shape index (κ1) is 14.4. The molecule has 0 bridgehead atoms. The van der Waals surface area contributed by atoms with E-state index in [2.05, 4.69) is 5.32 Å². The molecule has 4 nitrogen and oxygen atoms in total. The Morgan fingerprint density at radius 3 is 2.72 bits per heavy atom. The van der Waals surface area contributed by atoms with Crippen LogP contribution in [0.3, 0.4) is 0 Å². The second-order valence-electron chi connectivity index (χ2n) is 4.16. The summed E-state index contributed by atoms with van der Waals surface area (Å²) in [6.45, 7) is 2.46. The van der Waals surface area contributed by atoms with Crippen LogP contribution in [-0.2, 0) is 4.79 Å². The van der Waals surface area contributed by atoms with E-state index in [0.717, 1.165) is 0 Å². The molecule has 1 atom stereocenters. The van der Waals surface area contributed by atoms with Gasteiger partial charge in [-0.05, 0) is 36.6 Å². The van der Waals surface area contributed by atoms with Crippen LogP contribution in [0.25, 0.3) is 0 Å². The van der Waals surface area contributed by atoms with Crippen molar-refractivity contribution in [1.29, 1.82) is 0 Å². The Balaban J connectivity index is 2.22. The molecule has 0 aliphatic rings. The molecule has 0 saturated carbocycles. The third-order valence-corrected chi connectivity index (χ3v) is 2.45. The van der Waals surface area contributed by atoms with Gasteiger partial charge in [0, 0.05) is 13.2 Å². The minimum Gasteiger partial charge on any atom is -0.484 e. The van der Waals surface area contributed by atoms with E-state index in [1.54, 1.807) is 0 Å². The SMILES string of the molecule is CC(CCO)CNC(=O)COc1ccc(F)cc1. The second-order valence-corrected chi connectivity index (χ2v) is 4.16. The predicted molar refractivity (Wildman–Crippen MR) is 65.8 cm³/mol. The number of rotatable bonds is 7. The third kappa shape index (κ3) is 5.63. The molecule has 18 heavy (non-hydrogen) atoms. The fourth-order valence-electron chi connectivity index (χ4n) is 1.34.